The number of hydrogen-bond donors (Lipinski definition) is 4. The molecule has 0 aliphatic carbocycles. The van der Waals surface area contributed by atoms with E-state index in [1.807, 2.05) is 34.7 Å². The zero-order chi connectivity index (χ0) is 16.4. The van der Waals surface area contributed by atoms with Crippen LogP contribution < -0.4 is 21.3 Å². The zero-order valence-electron chi connectivity index (χ0n) is 14.2. The van der Waals surface area contributed by atoms with E-state index in [1.54, 1.807) is 0 Å². The van der Waals surface area contributed by atoms with Crippen LogP contribution in [0.5, 0.6) is 0 Å². The van der Waals surface area contributed by atoms with Gasteiger partial charge in [-0.05, 0) is 33.2 Å². The van der Waals surface area contributed by atoms with Crippen LogP contribution in [0.25, 0.3) is 0 Å². The molecule has 0 saturated heterocycles. The summed E-state index contributed by atoms with van der Waals surface area (Å²) in [7, 11) is 1.91. The van der Waals surface area contributed by atoms with Crippen LogP contribution in [0.4, 0.5) is 0 Å². The third-order valence-electron chi connectivity index (χ3n) is 3.56. The second-order valence-electron chi connectivity index (χ2n) is 5.65. The van der Waals surface area contributed by atoms with Crippen LogP contribution in [0.2, 0.25) is 0 Å². The van der Waals surface area contributed by atoms with Crippen LogP contribution in [-0.2, 0) is 9.59 Å². The lowest BCUT2D eigenvalue weighted by atomic mass is 10.0. The Hall–Kier alpha value is -1.14. The van der Waals surface area contributed by atoms with E-state index in [9.17, 15) is 9.59 Å². The minimum absolute atomic E-state index is 0.0494. The molecule has 2 amide bonds. The first-order chi connectivity index (χ1) is 9.87. The molecule has 0 aromatic carbocycles. The second-order valence-corrected chi connectivity index (χ2v) is 5.65. The average molecular weight is 300 g/mol. The molecule has 0 spiro atoms. The van der Waals surface area contributed by atoms with Gasteiger partial charge in [-0.15, -0.1) is 0 Å². The highest BCUT2D eigenvalue weighted by molar-refractivity contribution is 5.89. The van der Waals surface area contributed by atoms with Gasteiger partial charge in [0.05, 0.1) is 6.04 Å². The van der Waals surface area contributed by atoms with Gasteiger partial charge in [-0.3, -0.25) is 9.59 Å². The van der Waals surface area contributed by atoms with E-state index in [0.717, 1.165) is 13.0 Å². The van der Waals surface area contributed by atoms with Crippen molar-refractivity contribution >= 4 is 11.8 Å². The lowest BCUT2D eigenvalue weighted by molar-refractivity contribution is -0.130. The van der Waals surface area contributed by atoms with Gasteiger partial charge in [-0.2, -0.15) is 0 Å². The zero-order valence-corrected chi connectivity index (χ0v) is 14.2. The van der Waals surface area contributed by atoms with E-state index >= 15 is 0 Å². The summed E-state index contributed by atoms with van der Waals surface area (Å²) in [6.45, 7) is 10.9. The summed E-state index contributed by atoms with van der Waals surface area (Å²) in [6, 6.07) is -0.486. The molecule has 4 N–H and O–H groups in total. The smallest absolute Gasteiger partial charge is 0.242 e. The van der Waals surface area contributed by atoms with Crippen molar-refractivity contribution < 1.29 is 9.59 Å². The Kier molecular flexibility index (Phi) is 9.99. The van der Waals surface area contributed by atoms with Crippen molar-refractivity contribution in [2.24, 2.45) is 5.92 Å². The van der Waals surface area contributed by atoms with Crippen LogP contribution in [0.3, 0.4) is 0 Å². The molecule has 0 bridgehead atoms. The van der Waals surface area contributed by atoms with Gasteiger partial charge in [0.2, 0.25) is 11.8 Å². The minimum Gasteiger partial charge on any atom is -0.355 e. The summed E-state index contributed by atoms with van der Waals surface area (Å²) in [5.41, 5.74) is 0. The van der Waals surface area contributed by atoms with Gasteiger partial charge < -0.3 is 21.3 Å². The van der Waals surface area contributed by atoms with Crippen molar-refractivity contribution in [3.05, 3.63) is 0 Å². The fourth-order valence-corrected chi connectivity index (χ4v) is 1.96. The fraction of sp³-hybridized carbons (Fsp3) is 0.867. The van der Waals surface area contributed by atoms with Gasteiger partial charge >= 0.3 is 0 Å². The summed E-state index contributed by atoms with van der Waals surface area (Å²) < 4.78 is 0. The first-order valence-corrected chi connectivity index (χ1v) is 7.85. The van der Waals surface area contributed by atoms with Crippen LogP contribution in [-0.4, -0.2) is 50.1 Å². The number of rotatable bonds is 10. The quantitative estimate of drug-likeness (QED) is 0.466. The van der Waals surface area contributed by atoms with Crippen molar-refractivity contribution in [2.45, 2.75) is 59.2 Å². The Morgan fingerprint density at radius 3 is 2.10 bits per heavy atom. The van der Waals surface area contributed by atoms with E-state index < -0.39 is 6.04 Å². The summed E-state index contributed by atoms with van der Waals surface area (Å²) in [4.78, 5) is 24.1. The highest BCUT2D eigenvalue weighted by Gasteiger charge is 2.25. The highest BCUT2D eigenvalue weighted by atomic mass is 16.2. The molecule has 6 heteroatoms. The summed E-state index contributed by atoms with van der Waals surface area (Å²) in [5.74, 6) is -0.228. The van der Waals surface area contributed by atoms with Gasteiger partial charge in [0.15, 0.2) is 0 Å². The normalized spacial score (nSPS) is 15.4. The average Bonchev–Trinajstić information content (AvgIpc) is 2.44. The van der Waals surface area contributed by atoms with E-state index in [0.29, 0.717) is 12.6 Å². The topological polar surface area (TPSA) is 82.3 Å². The molecule has 0 aliphatic heterocycles. The van der Waals surface area contributed by atoms with Crippen molar-refractivity contribution in [1.82, 2.24) is 21.3 Å². The van der Waals surface area contributed by atoms with E-state index in [1.165, 1.54) is 0 Å². The molecule has 124 valence electrons. The Bertz CT molecular complexity index is 317. The molecule has 0 heterocycles. The van der Waals surface area contributed by atoms with Crippen molar-refractivity contribution in [1.29, 1.82) is 0 Å². The summed E-state index contributed by atoms with van der Waals surface area (Å²) in [6.07, 6.45) is 0.991. The maximum absolute atomic E-state index is 12.2. The van der Waals surface area contributed by atoms with E-state index in [4.69, 9.17) is 0 Å². The van der Waals surface area contributed by atoms with Crippen LogP contribution in [0.1, 0.15) is 41.0 Å². The molecule has 0 radical (unpaired) electrons. The number of likely N-dealkylation sites (N-methyl/N-ethyl adjacent to an activating group) is 2. The molecule has 0 fully saturated rings. The number of hydrogen-bond acceptors (Lipinski definition) is 4. The molecular weight excluding hydrogens is 268 g/mol. The molecule has 3 atom stereocenters. The molecule has 0 aromatic rings. The Morgan fingerprint density at radius 2 is 1.67 bits per heavy atom. The number of amides is 2. The largest absolute Gasteiger partial charge is 0.355 e. The van der Waals surface area contributed by atoms with Gasteiger partial charge in [0, 0.05) is 19.1 Å². The maximum Gasteiger partial charge on any atom is 0.242 e. The van der Waals surface area contributed by atoms with Crippen LogP contribution in [0.15, 0.2) is 0 Å². The fourth-order valence-electron chi connectivity index (χ4n) is 1.96. The van der Waals surface area contributed by atoms with Gasteiger partial charge in [0.25, 0.3) is 0 Å². The number of carbonyl (C=O) groups excluding carboxylic acids is 2. The molecule has 0 aliphatic rings. The lowest BCUT2D eigenvalue weighted by Gasteiger charge is -2.24. The number of nitrogens with one attached hydrogen (secondary N) is 4. The first kappa shape index (κ1) is 19.9. The van der Waals surface area contributed by atoms with Crippen molar-refractivity contribution in [3.8, 4) is 0 Å². The Balaban J connectivity index is 4.44. The standard InChI is InChI=1S/C15H32N4O2/c1-7-12(16-6)9-18-11(5)14(20)19-13(10(3)4)15(21)17-8-2/h10-13,16,18H,7-9H2,1-6H3,(H,17,21)(H,19,20)/t11-,12?,13-/m0/s1. The van der Waals surface area contributed by atoms with Crippen molar-refractivity contribution in [3.63, 3.8) is 0 Å². The maximum atomic E-state index is 12.2. The molecule has 0 saturated carbocycles. The minimum atomic E-state index is -0.493. The molecule has 21 heavy (non-hydrogen) atoms. The second kappa shape index (κ2) is 10.6. The third-order valence-corrected chi connectivity index (χ3v) is 3.56. The predicted molar refractivity (Wildman–Crippen MR) is 86.1 cm³/mol. The monoisotopic (exact) mass is 300 g/mol. The highest BCUT2D eigenvalue weighted by Crippen LogP contribution is 2.02. The predicted octanol–water partition coefficient (Wildman–Crippen LogP) is 0.239. The molecule has 0 rings (SSSR count). The van der Waals surface area contributed by atoms with Gasteiger partial charge in [-0.1, -0.05) is 20.8 Å². The van der Waals surface area contributed by atoms with Crippen molar-refractivity contribution in [2.75, 3.05) is 20.1 Å². The third kappa shape index (κ3) is 7.43. The van der Waals surface area contributed by atoms with E-state index in [2.05, 4.69) is 28.2 Å². The molecule has 6 nitrogen and oxygen atoms in total. The SMILES string of the molecule is CCNC(=O)[C@@H](NC(=O)[C@H](C)NCC(CC)NC)C(C)C. The van der Waals surface area contributed by atoms with E-state index in [-0.39, 0.29) is 23.8 Å². The Labute approximate surface area is 128 Å². The van der Waals surface area contributed by atoms with Gasteiger partial charge in [-0.25, -0.2) is 0 Å². The Morgan fingerprint density at radius 1 is 1.05 bits per heavy atom. The van der Waals surface area contributed by atoms with Crippen LogP contribution in [0, 0.1) is 5.92 Å². The first-order valence-electron chi connectivity index (χ1n) is 7.85. The number of carbonyl (C=O) groups is 2. The molecule has 1 unspecified atom stereocenters. The molecular formula is C15H32N4O2. The van der Waals surface area contributed by atoms with Gasteiger partial charge in [0.1, 0.15) is 6.04 Å². The molecule has 0 aromatic heterocycles. The lowest BCUT2D eigenvalue weighted by Crippen LogP contribution is -2.55. The van der Waals surface area contributed by atoms with Crippen LogP contribution >= 0.6 is 0 Å². The summed E-state index contributed by atoms with van der Waals surface area (Å²) in [5, 5.41) is 12.0. The summed E-state index contributed by atoms with van der Waals surface area (Å²) >= 11 is 0.